The second-order valence-electron chi connectivity index (χ2n) is 13.7. The molecule has 6 N–H and O–H groups in total. The van der Waals surface area contributed by atoms with Crippen LogP contribution in [0.2, 0.25) is 0 Å². The van der Waals surface area contributed by atoms with Crippen molar-refractivity contribution in [3.05, 3.63) is 72.9 Å². The Labute approximate surface area is 315 Å². The van der Waals surface area contributed by atoms with Gasteiger partial charge in [-0.25, -0.2) is 0 Å². The first kappa shape index (κ1) is 47.7. The molecule has 1 rings (SSSR count). The van der Waals surface area contributed by atoms with Gasteiger partial charge in [0.25, 0.3) is 0 Å². The van der Waals surface area contributed by atoms with E-state index in [0.29, 0.717) is 19.3 Å². The molecule has 298 valence electrons. The molecule has 0 saturated carbocycles. The van der Waals surface area contributed by atoms with Gasteiger partial charge in [-0.1, -0.05) is 138 Å². The third kappa shape index (κ3) is 24.0. The third-order valence-corrected chi connectivity index (χ3v) is 9.07. The molecule has 0 spiro atoms. The quantitative estimate of drug-likeness (QED) is 0.0319. The Morgan fingerprint density at radius 1 is 0.673 bits per heavy atom. The van der Waals surface area contributed by atoms with E-state index in [1.54, 1.807) is 0 Å². The average molecular weight is 732 g/mol. The summed E-state index contributed by atoms with van der Waals surface area (Å²) < 4.78 is 11.2. The summed E-state index contributed by atoms with van der Waals surface area (Å²) in [5, 5.41) is 53.9. The Morgan fingerprint density at radius 2 is 1.19 bits per heavy atom. The summed E-state index contributed by atoms with van der Waals surface area (Å²) in [6.07, 6.45) is 36.4. The monoisotopic (exact) mass is 732 g/mol. The number of hydrogen-bond acceptors (Lipinski definition) is 8. The SMILES string of the molecule is CC/C=C\C/C=C\C/C=C\C/C=C\C/C=C\C/C=C\CCCCC(=O)NC(COC1OC(CO)C(O)C(O)C1O)C(O)CCCCCCCCCC. The van der Waals surface area contributed by atoms with Crippen LogP contribution in [0.5, 0.6) is 0 Å². The second kappa shape index (κ2) is 33.2. The van der Waals surface area contributed by atoms with Crippen LogP contribution in [0.15, 0.2) is 72.9 Å². The number of aliphatic hydroxyl groups excluding tert-OH is 5. The normalized spacial score (nSPS) is 22.6. The number of carbonyl (C=O) groups excluding carboxylic acids is 1. The van der Waals surface area contributed by atoms with Crippen molar-refractivity contribution < 1.29 is 39.8 Å². The molecule has 9 nitrogen and oxygen atoms in total. The fraction of sp³-hybridized carbons (Fsp3) is 0.698. The summed E-state index contributed by atoms with van der Waals surface area (Å²) >= 11 is 0. The smallest absolute Gasteiger partial charge is 0.220 e. The molecule has 1 amide bonds. The van der Waals surface area contributed by atoms with Crippen molar-refractivity contribution in [3.63, 3.8) is 0 Å². The summed E-state index contributed by atoms with van der Waals surface area (Å²) in [6, 6.07) is -0.743. The van der Waals surface area contributed by atoms with Gasteiger partial charge in [-0.05, 0) is 64.2 Å². The van der Waals surface area contributed by atoms with Gasteiger partial charge in [0.1, 0.15) is 24.4 Å². The van der Waals surface area contributed by atoms with Gasteiger partial charge in [0.2, 0.25) is 5.91 Å². The van der Waals surface area contributed by atoms with Crippen molar-refractivity contribution in [1.29, 1.82) is 0 Å². The van der Waals surface area contributed by atoms with E-state index < -0.39 is 49.5 Å². The largest absolute Gasteiger partial charge is 0.394 e. The van der Waals surface area contributed by atoms with Crippen molar-refractivity contribution in [1.82, 2.24) is 5.32 Å². The summed E-state index contributed by atoms with van der Waals surface area (Å²) in [7, 11) is 0. The number of allylic oxidation sites excluding steroid dienone is 12. The molecule has 0 aromatic carbocycles. The molecule has 0 bridgehead atoms. The van der Waals surface area contributed by atoms with Crippen molar-refractivity contribution >= 4 is 5.91 Å². The van der Waals surface area contributed by atoms with Gasteiger partial charge in [-0.2, -0.15) is 0 Å². The maximum Gasteiger partial charge on any atom is 0.220 e. The minimum atomic E-state index is -1.56. The van der Waals surface area contributed by atoms with Crippen molar-refractivity contribution in [3.8, 4) is 0 Å². The minimum absolute atomic E-state index is 0.162. The highest BCUT2D eigenvalue weighted by molar-refractivity contribution is 5.76. The topological polar surface area (TPSA) is 149 Å². The summed E-state index contributed by atoms with van der Waals surface area (Å²) in [6.45, 7) is 3.62. The number of carbonyl (C=O) groups is 1. The lowest BCUT2D eigenvalue weighted by atomic mass is 9.99. The lowest BCUT2D eigenvalue weighted by molar-refractivity contribution is -0.302. The number of unbranched alkanes of at least 4 members (excludes halogenated alkanes) is 9. The van der Waals surface area contributed by atoms with E-state index in [2.05, 4.69) is 92.1 Å². The number of nitrogens with one attached hydrogen (secondary N) is 1. The van der Waals surface area contributed by atoms with Gasteiger partial charge < -0.3 is 40.3 Å². The first-order valence-corrected chi connectivity index (χ1v) is 20.1. The van der Waals surface area contributed by atoms with Crippen LogP contribution in [-0.4, -0.2) is 87.5 Å². The fourth-order valence-electron chi connectivity index (χ4n) is 5.81. The Balaban J connectivity index is 2.38. The summed E-state index contributed by atoms with van der Waals surface area (Å²) in [5.74, 6) is -0.194. The highest BCUT2D eigenvalue weighted by atomic mass is 16.7. The Bertz CT molecular complexity index is 1040. The molecule has 1 aliphatic rings. The zero-order valence-electron chi connectivity index (χ0n) is 32.3. The van der Waals surface area contributed by atoms with Crippen LogP contribution in [0, 0.1) is 0 Å². The predicted molar refractivity (Wildman–Crippen MR) is 212 cm³/mol. The van der Waals surface area contributed by atoms with Gasteiger partial charge in [0.05, 0.1) is 25.4 Å². The van der Waals surface area contributed by atoms with Crippen LogP contribution in [-0.2, 0) is 14.3 Å². The van der Waals surface area contributed by atoms with Crippen LogP contribution in [0.25, 0.3) is 0 Å². The first-order chi connectivity index (χ1) is 25.3. The number of rotatable bonds is 31. The van der Waals surface area contributed by atoms with E-state index in [9.17, 15) is 30.3 Å². The second-order valence-corrected chi connectivity index (χ2v) is 13.7. The molecule has 0 radical (unpaired) electrons. The molecule has 0 aromatic heterocycles. The van der Waals surface area contributed by atoms with E-state index in [0.717, 1.165) is 70.6 Å². The Morgan fingerprint density at radius 3 is 1.73 bits per heavy atom. The Kier molecular flexibility index (Phi) is 30.4. The van der Waals surface area contributed by atoms with Gasteiger partial charge in [-0.15, -0.1) is 0 Å². The molecule has 7 atom stereocenters. The molecule has 52 heavy (non-hydrogen) atoms. The first-order valence-electron chi connectivity index (χ1n) is 20.1. The lowest BCUT2D eigenvalue weighted by Crippen LogP contribution is -2.60. The van der Waals surface area contributed by atoms with E-state index in [1.165, 1.54) is 32.1 Å². The van der Waals surface area contributed by atoms with E-state index in [1.807, 2.05) is 0 Å². The van der Waals surface area contributed by atoms with Gasteiger partial charge in [-0.3, -0.25) is 4.79 Å². The third-order valence-electron chi connectivity index (χ3n) is 9.07. The van der Waals surface area contributed by atoms with E-state index in [-0.39, 0.29) is 12.5 Å². The molecule has 1 fully saturated rings. The molecular weight excluding hydrogens is 658 g/mol. The van der Waals surface area contributed by atoms with Gasteiger partial charge in [0, 0.05) is 6.42 Å². The molecule has 1 aliphatic heterocycles. The maximum atomic E-state index is 12.9. The molecule has 0 aliphatic carbocycles. The van der Waals surface area contributed by atoms with Crippen molar-refractivity contribution in [2.75, 3.05) is 13.2 Å². The highest BCUT2D eigenvalue weighted by Crippen LogP contribution is 2.23. The fourth-order valence-corrected chi connectivity index (χ4v) is 5.81. The van der Waals surface area contributed by atoms with E-state index in [4.69, 9.17) is 9.47 Å². The van der Waals surface area contributed by atoms with E-state index >= 15 is 0 Å². The minimum Gasteiger partial charge on any atom is -0.394 e. The number of ether oxygens (including phenoxy) is 2. The van der Waals surface area contributed by atoms with Crippen molar-refractivity contribution in [2.45, 2.75) is 179 Å². The predicted octanol–water partition coefficient (Wildman–Crippen LogP) is 7.44. The number of aliphatic hydroxyl groups is 5. The molecule has 1 saturated heterocycles. The van der Waals surface area contributed by atoms with Crippen LogP contribution >= 0.6 is 0 Å². The highest BCUT2D eigenvalue weighted by Gasteiger charge is 2.44. The van der Waals surface area contributed by atoms with Crippen LogP contribution in [0.4, 0.5) is 0 Å². The zero-order chi connectivity index (χ0) is 38.1. The number of hydrogen-bond donors (Lipinski definition) is 6. The molecule has 0 aromatic rings. The average Bonchev–Trinajstić information content (AvgIpc) is 3.14. The summed E-state index contributed by atoms with van der Waals surface area (Å²) in [4.78, 5) is 12.9. The summed E-state index contributed by atoms with van der Waals surface area (Å²) in [5.41, 5.74) is 0. The Hall–Kier alpha value is -2.37. The zero-order valence-corrected chi connectivity index (χ0v) is 32.3. The molecular formula is C43H73NO8. The lowest BCUT2D eigenvalue weighted by Gasteiger charge is -2.40. The van der Waals surface area contributed by atoms with Crippen LogP contribution in [0.1, 0.15) is 136 Å². The van der Waals surface area contributed by atoms with Gasteiger partial charge >= 0.3 is 0 Å². The molecule has 1 heterocycles. The standard InChI is InChI=1S/C43H73NO8/c1-3-5-7-9-11-13-14-15-16-17-18-19-20-21-22-23-24-25-27-29-31-33-39(47)44-36(37(46)32-30-28-26-12-10-8-6-4-2)35-51-43-42(50)41(49)40(48)38(34-45)52-43/h5,7,11,13,15-16,18-19,21-22,24-25,36-38,40-43,45-46,48-50H,3-4,6,8-10,12,14,17,20,23,26-35H2,1-2H3,(H,44,47)/b7-5-,13-11-,16-15-,19-18-,22-21-,25-24-. The van der Waals surface area contributed by atoms with Crippen molar-refractivity contribution in [2.24, 2.45) is 0 Å². The van der Waals surface area contributed by atoms with Gasteiger partial charge in [0.15, 0.2) is 6.29 Å². The molecule has 9 heteroatoms. The number of amides is 1. The van der Waals surface area contributed by atoms with Crippen LogP contribution in [0.3, 0.4) is 0 Å². The maximum absolute atomic E-state index is 12.9. The van der Waals surface area contributed by atoms with Crippen LogP contribution < -0.4 is 5.32 Å². The molecule has 7 unspecified atom stereocenters.